The molecule has 0 bridgehead atoms. The topological polar surface area (TPSA) is 20.2 Å². The predicted molar refractivity (Wildman–Crippen MR) is 37.2 cm³/mol. The van der Waals surface area contributed by atoms with Crippen molar-refractivity contribution >= 4 is 0 Å². The Hall–Kier alpha value is -0.740. The molecule has 1 unspecified atom stereocenters. The van der Waals surface area contributed by atoms with Crippen LogP contribution < -0.4 is 0 Å². The van der Waals surface area contributed by atoms with Crippen molar-refractivity contribution in [1.29, 1.82) is 0 Å². The molecule has 0 saturated heterocycles. The average Bonchev–Trinajstić information content (AvgIpc) is 2.15. The zero-order valence-electron chi connectivity index (χ0n) is 8.43. The molecule has 0 aromatic heterocycles. The summed E-state index contributed by atoms with van der Waals surface area (Å²) in [4.78, 5) is 0. The number of aliphatic hydroxyl groups is 1. The summed E-state index contributed by atoms with van der Waals surface area (Å²) in [5, 5.41) is 8.01. The van der Waals surface area contributed by atoms with Crippen LogP contribution in [0.2, 0.25) is 0 Å². The molecule has 1 nitrogen and oxygen atoms in total. The minimum Gasteiger partial charge on any atom is -0.352 e. The normalized spacial score (nSPS) is 18.7. The quantitative estimate of drug-likeness (QED) is 0.787. The van der Waals surface area contributed by atoms with Crippen molar-refractivity contribution in [2.24, 2.45) is 0 Å². The summed E-state index contributed by atoms with van der Waals surface area (Å²) in [5.74, 6) is -26.1. The third kappa shape index (κ3) is 2.12. The van der Waals surface area contributed by atoms with E-state index < -0.39 is 36.2 Å². The molecule has 0 aliphatic rings. The van der Waals surface area contributed by atoms with Gasteiger partial charge in [-0.1, -0.05) is 6.92 Å². The van der Waals surface area contributed by atoms with E-state index in [9.17, 15) is 43.9 Å². The highest BCUT2D eigenvalue weighted by atomic mass is 19.4. The van der Waals surface area contributed by atoms with E-state index >= 15 is 0 Å². The Labute approximate surface area is 93.4 Å². The maximum Gasteiger partial charge on any atom is 0.459 e. The number of halogens is 10. The van der Waals surface area contributed by atoms with E-state index in [2.05, 4.69) is 0 Å². The second-order valence-corrected chi connectivity index (χ2v) is 3.33. The predicted octanol–water partition coefficient (Wildman–Crippen LogP) is 3.52. The zero-order chi connectivity index (χ0) is 15.2. The van der Waals surface area contributed by atoms with Crippen molar-refractivity contribution in [3.63, 3.8) is 0 Å². The molecule has 0 amide bonds. The second-order valence-electron chi connectivity index (χ2n) is 3.33. The first kappa shape index (κ1) is 17.3. The molecule has 0 aromatic rings. The summed E-state index contributed by atoms with van der Waals surface area (Å²) in [6.07, 6.45) is -8.93. The molecule has 18 heavy (non-hydrogen) atoms. The molecular weight excluding hydrogens is 290 g/mol. The Bertz CT molecular complexity index is 304. The van der Waals surface area contributed by atoms with E-state index in [1.165, 1.54) is 0 Å². The Morgan fingerprint density at radius 1 is 0.722 bits per heavy atom. The second kappa shape index (κ2) is 4.14. The fourth-order valence-electron chi connectivity index (χ4n) is 0.849. The van der Waals surface area contributed by atoms with Gasteiger partial charge in [-0.05, 0) is 0 Å². The van der Waals surface area contributed by atoms with Crippen molar-refractivity contribution in [2.45, 2.75) is 43.1 Å². The number of rotatable bonds is 4. The minimum atomic E-state index is -7.07. The Morgan fingerprint density at radius 3 is 1.28 bits per heavy atom. The number of hydrogen-bond donors (Lipinski definition) is 1. The van der Waals surface area contributed by atoms with Crippen molar-refractivity contribution in [2.75, 3.05) is 0 Å². The van der Waals surface area contributed by atoms with Crippen molar-refractivity contribution in [3.05, 3.63) is 0 Å². The Morgan fingerprint density at radius 2 is 1.06 bits per heavy atom. The maximum atomic E-state index is 12.7. The van der Waals surface area contributed by atoms with Gasteiger partial charge in [0.2, 0.25) is 0 Å². The molecule has 0 fully saturated rings. The highest BCUT2D eigenvalue weighted by Gasteiger charge is 2.85. The van der Waals surface area contributed by atoms with Gasteiger partial charge in [-0.3, -0.25) is 0 Å². The van der Waals surface area contributed by atoms with Crippen molar-refractivity contribution in [1.82, 2.24) is 0 Å². The zero-order valence-corrected chi connectivity index (χ0v) is 8.43. The molecule has 0 heterocycles. The van der Waals surface area contributed by atoms with E-state index in [0.29, 0.717) is 0 Å². The summed E-state index contributed by atoms with van der Waals surface area (Å²) >= 11 is 0. The molecule has 110 valence electrons. The largest absolute Gasteiger partial charge is 0.459 e. The third-order valence-electron chi connectivity index (χ3n) is 2.09. The van der Waals surface area contributed by atoms with E-state index in [1.54, 1.807) is 0 Å². The Kier molecular flexibility index (Phi) is 3.97. The van der Waals surface area contributed by atoms with Gasteiger partial charge in [0.1, 0.15) is 0 Å². The van der Waals surface area contributed by atoms with Gasteiger partial charge in [0, 0.05) is 6.42 Å². The molecule has 1 N–H and O–H groups in total. The third-order valence-corrected chi connectivity index (χ3v) is 2.09. The van der Waals surface area contributed by atoms with Gasteiger partial charge in [0.05, 0.1) is 0 Å². The van der Waals surface area contributed by atoms with Crippen LogP contribution in [0.4, 0.5) is 43.9 Å². The summed E-state index contributed by atoms with van der Waals surface area (Å²) in [5.41, 5.74) is 0. The van der Waals surface area contributed by atoms with Crippen molar-refractivity contribution in [3.8, 4) is 0 Å². The molecular formula is C7H6F10O. The highest BCUT2D eigenvalue weighted by Crippen LogP contribution is 2.55. The van der Waals surface area contributed by atoms with E-state index in [4.69, 9.17) is 5.11 Å². The summed E-state index contributed by atoms with van der Waals surface area (Å²) < 4.78 is 122. The lowest BCUT2D eigenvalue weighted by Gasteiger charge is -2.38. The van der Waals surface area contributed by atoms with Gasteiger partial charge in [0.25, 0.3) is 0 Å². The van der Waals surface area contributed by atoms with Crippen LogP contribution in [0.1, 0.15) is 13.3 Å². The molecule has 11 heteroatoms. The fraction of sp³-hybridized carbons (Fsp3) is 1.00. The van der Waals surface area contributed by atoms with Gasteiger partial charge in [-0.2, -0.15) is 43.9 Å². The Balaban J connectivity index is 5.80. The lowest BCUT2D eigenvalue weighted by molar-refractivity contribution is -0.443. The highest BCUT2D eigenvalue weighted by molar-refractivity contribution is 5.05. The molecule has 0 aliphatic carbocycles. The van der Waals surface area contributed by atoms with Crippen molar-refractivity contribution < 1.29 is 49.0 Å². The van der Waals surface area contributed by atoms with Crippen LogP contribution >= 0.6 is 0 Å². The molecule has 0 radical (unpaired) electrons. The molecule has 1 atom stereocenters. The number of alkyl halides is 10. The van der Waals surface area contributed by atoms with Gasteiger partial charge in [-0.15, -0.1) is 0 Å². The molecule has 0 rings (SSSR count). The van der Waals surface area contributed by atoms with Crippen LogP contribution in [0.5, 0.6) is 0 Å². The van der Waals surface area contributed by atoms with Crippen LogP contribution in [0.25, 0.3) is 0 Å². The van der Waals surface area contributed by atoms with Gasteiger partial charge in [-0.25, -0.2) is 0 Å². The molecule has 0 aromatic carbocycles. The summed E-state index contributed by atoms with van der Waals surface area (Å²) in [6.45, 7) is 0.287. The first-order valence-electron chi connectivity index (χ1n) is 4.17. The lowest BCUT2D eigenvalue weighted by Crippen LogP contribution is -2.68. The van der Waals surface area contributed by atoms with Crippen LogP contribution in [0, 0.1) is 0 Å². The molecule has 0 aliphatic heterocycles. The van der Waals surface area contributed by atoms with Crippen LogP contribution in [-0.4, -0.2) is 34.9 Å². The minimum absolute atomic E-state index is 0.287. The monoisotopic (exact) mass is 296 g/mol. The first-order chi connectivity index (χ1) is 7.56. The smallest absolute Gasteiger partial charge is 0.352 e. The van der Waals surface area contributed by atoms with Gasteiger partial charge < -0.3 is 5.11 Å². The lowest BCUT2D eigenvalue weighted by atomic mass is 9.95. The average molecular weight is 296 g/mol. The fourth-order valence-corrected chi connectivity index (χ4v) is 0.849. The van der Waals surface area contributed by atoms with Gasteiger partial charge >= 0.3 is 29.8 Å². The van der Waals surface area contributed by atoms with Crippen LogP contribution in [0.15, 0.2) is 0 Å². The van der Waals surface area contributed by atoms with E-state index in [-0.39, 0.29) is 6.92 Å². The number of hydrogen-bond acceptors (Lipinski definition) is 1. The summed E-state index contributed by atoms with van der Waals surface area (Å²) in [7, 11) is 0. The van der Waals surface area contributed by atoms with E-state index in [0.717, 1.165) is 0 Å². The standard InChI is InChI=1S/C7H6F10O/c1-2-3(8,9)4(10,11)6(14,18)5(12,13)7(15,16)17/h18H,2H2,1H3. The SMILES string of the molecule is CCC(F)(F)C(F)(F)C(O)(F)C(F)(F)C(F)(F)F. The molecule has 0 saturated carbocycles. The van der Waals surface area contributed by atoms with Gasteiger partial charge in [0.15, 0.2) is 0 Å². The summed E-state index contributed by atoms with van der Waals surface area (Å²) in [6, 6.07) is 0. The van der Waals surface area contributed by atoms with E-state index in [1.807, 2.05) is 0 Å². The van der Waals surface area contributed by atoms with Crippen LogP contribution in [0.3, 0.4) is 0 Å². The maximum absolute atomic E-state index is 12.7. The van der Waals surface area contributed by atoms with Crippen LogP contribution in [-0.2, 0) is 0 Å². The first-order valence-corrected chi connectivity index (χ1v) is 4.17. The molecule has 0 spiro atoms.